The molecule has 2 aromatic heterocycles. The van der Waals surface area contributed by atoms with Gasteiger partial charge in [0.15, 0.2) is 0 Å². The van der Waals surface area contributed by atoms with Crippen LogP contribution in [0.25, 0.3) is 21.9 Å². The minimum atomic E-state index is -0.429. The largest absolute Gasteiger partial charge is 0.366 e. The Morgan fingerprint density at radius 2 is 1.73 bits per heavy atom. The van der Waals surface area contributed by atoms with Crippen LogP contribution in [-0.4, -0.2) is 20.9 Å². The molecule has 0 spiro atoms. The number of fused-ring (bicyclic) bond motifs is 2. The SMILES string of the molecule is NC(=O)c1ccc2[nH]c([C@H](C3CC3)[C@H]3CC[C@@H](c4ccnc5ccc(F)cc54)CC3)nc2c1. The summed E-state index contributed by atoms with van der Waals surface area (Å²) in [5, 5.41) is 0.947. The van der Waals surface area contributed by atoms with E-state index >= 15 is 0 Å². The van der Waals surface area contributed by atoms with E-state index in [0.717, 1.165) is 53.4 Å². The van der Waals surface area contributed by atoms with Crippen molar-refractivity contribution in [1.82, 2.24) is 15.0 Å². The van der Waals surface area contributed by atoms with E-state index in [4.69, 9.17) is 10.7 Å². The van der Waals surface area contributed by atoms with E-state index < -0.39 is 5.91 Å². The lowest BCUT2D eigenvalue weighted by Gasteiger charge is -2.34. The van der Waals surface area contributed by atoms with Gasteiger partial charge in [-0.25, -0.2) is 9.37 Å². The Morgan fingerprint density at radius 1 is 0.970 bits per heavy atom. The van der Waals surface area contributed by atoms with E-state index in [1.807, 2.05) is 12.3 Å². The van der Waals surface area contributed by atoms with Crippen molar-refractivity contribution in [2.24, 2.45) is 17.6 Å². The maximum absolute atomic E-state index is 13.9. The van der Waals surface area contributed by atoms with Crippen LogP contribution >= 0.6 is 0 Å². The predicted molar refractivity (Wildman–Crippen MR) is 126 cm³/mol. The number of carbonyl (C=O) groups is 1. The Kier molecular flexibility index (Phi) is 4.89. The van der Waals surface area contributed by atoms with Crippen LogP contribution in [0.5, 0.6) is 0 Å². The Bertz CT molecular complexity index is 1350. The van der Waals surface area contributed by atoms with Gasteiger partial charge in [0.2, 0.25) is 5.91 Å². The molecule has 3 N–H and O–H groups in total. The van der Waals surface area contributed by atoms with Gasteiger partial charge in [-0.2, -0.15) is 0 Å². The number of carbonyl (C=O) groups excluding carboxylic acids is 1. The first-order valence-corrected chi connectivity index (χ1v) is 11.9. The van der Waals surface area contributed by atoms with E-state index in [-0.39, 0.29) is 5.82 Å². The van der Waals surface area contributed by atoms with Crippen LogP contribution in [0.2, 0.25) is 0 Å². The minimum absolute atomic E-state index is 0.205. The molecule has 0 saturated heterocycles. The van der Waals surface area contributed by atoms with Gasteiger partial charge in [0.1, 0.15) is 11.6 Å². The minimum Gasteiger partial charge on any atom is -0.366 e. The molecular formula is C27H27FN4O. The summed E-state index contributed by atoms with van der Waals surface area (Å²) in [7, 11) is 0. The summed E-state index contributed by atoms with van der Waals surface area (Å²) < 4.78 is 13.9. The number of hydrogen-bond acceptors (Lipinski definition) is 3. The highest BCUT2D eigenvalue weighted by Gasteiger charge is 2.41. The second kappa shape index (κ2) is 7.94. The molecule has 2 saturated carbocycles. The summed E-state index contributed by atoms with van der Waals surface area (Å²) in [5.74, 6) is 2.53. The zero-order chi connectivity index (χ0) is 22.5. The van der Waals surface area contributed by atoms with E-state index in [2.05, 4.69) is 16.0 Å². The smallest absolute Gasteiger partial charge is 0.248 e. The van der Waals surface area contributed by atoms with Gasteiger partial charge in [-0.1, -0.05) is 0 Å². The number of nitrogens with zero attached hydrogens (tertiary/aromatic N) is 2. The number of nitrogens with one attached hydrogen (secondary N) is 1. The third kappa shape index (κ3) is 3.77. The van der Waals surface area contributed by atoms with Crippen molar-refractivity contribution < 1.29 is 9.18 Å². The number of H-pyrrole nitrogens is 1. The third-order valence-corrected chi connectivity index (χ3v) is 7.69. The van der Waals surface area contributed by atoms with Crippen LogP contribution in [0, 0.1) is 17.7 Å². The van der Waals surface area contributed by atoms with Crippen molar-refractivity contribution in [2.45, 2.75) is 50.4 Å². The predicted octanol–water partition coefficient (Wildman–Crippen LogP) is 5.82. The van der Waals surface area contributed by atoms with Crippen molar-refractivity contribution in [3.8, 4) is 0 Å². The van der Waals surface area contributed by atoms with Gasteiger partial charge < -0.3 is 10.7 Å². The Hall–Kier alpha value is -3.28. The van der Waals surface area contributed by atoms with Crippen LogP contribution in [0.1, 0.15) is 72.1 Å². The molecule has 2 fully saturated rings. The number of hydrogen-bond donors (Lipinski definition) is 2. The zero-order valence-corrected chi connectivity index (χ0v) is 18.4. The topological polar surface area (TPSA) is 84.7 Å². The molecule has 4 aromatic rings. The Morgan fingerprint density at radius 3 is 2.45 bits per heavy atom. The van der Waals surface area contributed by atoms with Crippen LogP contribution in [0.3, 0.4) is 0 Å². The number of amides is 1. The lowest BCUT2D eigenvalue weighted by Crippen LogP contribution is -2.22. The lowest BCUT2D eigenvalue weighted by atomic mass is 9.72. The van der Waals surface area contributed by atoms with Gasteiger partial charge in [-0.3, -0.25) is 9.78 Å². The van der Waals surface area contributed by atoms with Crippen molar-refractivity contribution in [1.29, 1.82) is 0 Å². The molecule has 1 amide bonds. The first kappa shape index (κ1) is 20.3. The molecule has 2 heterocycles. The number of nitrogens with two attached hydrogens (primary N) is 1. The van der Waals surface area contributed by atoms with Crippen molar-refractivity contribution in [3.63, 3.8) is 0 Å². The molecular weight excluding hydrogens is 415 g/mol. The number of aromatic amines is 1. The first-order chi connectivity index (χ1) is 16.1. The standard InChI is InChI=1S/C27H27FN4O/c28-19-8-10-22-21(14-19)20(11-12-30-22)15-1-3-16(4-2-15)25(17-5-6-17)27-31-23-9-7-18(26(29)33)13-24(23)32-27/h7-17,25H,1-6H2,(H2,29,33)(H,31,32)/t15-,16+,25-/m0/s1. The van der Waals surface area contributed by atoms with Crippen LogP contribution in [-0.2, 0) is 0 Å². The second-order valence-electron chi connectivity index (χ2n) is 9.75. The molecule has 0 radical (unpaired) electrons. The van der Waals surface area contributed by atoms with Crippen LogP contribution < -0.4 is 5.73 Å². The van der Waals surface area contributed by atoms with Gasteiger partial charge in [0.05, 0.1) is 16.6 Å². The number of aromatic nitrogens is 3. The molecule has 0 aliphatic heterocycles. The monoisotopic (exact) mass is 442 g/mol. The normalized spacial score (nSPS) is 22.0. The molecule has 0 bridgehead atoms. The maximum atomic E-state index is 13.9. The maximum Gasteiger partial charge on any atom is 0.248 e. The summed E-state index contributed by atoms with van der Waals surface area (Å²) in [6.07, 6.45) is 8.81. The van der Waals surface area contributed by atoms with E-state index in [9.17, 15) is 9.18 Å². The van der Waals surface area contributed by atoms with E-state index in [0.29, 0.717) is 29.2 Å². The second-order valence-corrected chi connectivity index (χ2v) is 9.75. The average Bonchev–Trinajstić information content (AvgIpc) is 3.56. The number of benzene rings is 2. The molecule has 1 atom stereocenters. The first-order valence-electron chi connectivity index (χ1n) is 11.9. The highest BCUT2D eigenvalue weighted by Crippen LogP contribution is 2.51. The van der Waals surface area contributed by atoms with Crippen LogP contribution in [0.4, 0.5) is 4.39 Å². The summed E-state index contributed by atoms with van der Waals surface area (Å²) >= 11 is 0. The van der Waals surface area contributed by atoms with Crippen molar-refractivity contribution >= 4 is 27.8 Å². The van der Waals surface area contributed by atoms with Gasteiger partial charge in [-0.05, 0) is 104 Å². The summed E-state index contributed by atoms with van der Waals surface area (Å²) in [4.78, 5) is 24.4. The fourth-order valence-corrected chi connectivity index (χ4v) is 5.91. The summed E-state index contributed by atoms with van der Waals surface area (Å²) in [6, 6.07) is 12.4. The fourth-order valence-electron chi connectivity index (χ4n) is 5.91. The van der Waals surface area contributed by atoms with Gasteiger partial charge in [0.25, 0.3) is 0 Å². The summed E-state index contributed by atoms with van der Waals surface area (Å²) in [5.41, 5.74) is 9.80. The molecule has 2 aliphatic carbocycles. The fraction of sp³-hybridized carbons (Fsp3) is 0.370. The van der Waals surface area contributed by atoms with E-state index in [1.165, 1.54) is 24.5 Å². The molecule has 2 aliphatic rings. The highest BCUT2D eigenvalue weighted by atomic mass is 19.1. The van der Waals surface area contributed by atoms with Gasteiger partial charge in [0, 0.05) is 23.1 Å². The number of pyridine rings is 1. The molecule has 168 valence electrons. The lowest BCUT2D eigenvalue weighted by molar-refractivity contribution is 0.100. The third-order valence-electron chi connectivity index (χ3n) is 7.69. The molecule has 0 unspecified atom stereocenters. The average molecular weight is 443 g/mol. The molecule has 2 aromatic carbocycles. The number of primary amides is 1. The van der Waals surface area contributed by atoms with Crippen molar-refractivity contribution in [2.75, 3.05) is 0 Å². The van der Waals surface area contributed by atoms with E-state index in [1.54, 1.807) is 24.3 Å². The van der Waals surface area contributed by atoms with Gasteiger partial charge >= 0.3 is 0 Å². The zero-order valence-electron chi connectivity index (χ0n) is 18.4. The number of rotatable bonds is 5. The molecule has 6 rings (SSSR count). The number of imidazole rings is 1. The van der Waals surface area contributed by atoms with Crippen LogP contribution in [0.15, 0.2) is 48.7 Å². The Labute approximate surface area is 191 Å². The quantitative estimate of drug-likeness (QED) is 0.409. The number of halogens is 1. The molecule has 6 heteroatoms. The highest BCUT2D eigenvalue weighted by molar-refractivity contribution is 5.96. The van der Waals surface area contributed by atoms with Crippen molar-refractivity contribution in [3.05, 3.63) is 71.4 Å². The Balaban J connectivity index is 1.25. The van der Waals surface area contributed by atoms with Gasteiger partial charge in [-0.15, -0.1) is 0 Å². The molecule has 5 nitrogen and oxygen atoms in total. The molecule has 33 heavy (non-hydrogen) atoms. The summed E-state index contributed by atoms with van der Waals surface area (Å²) in [6.45, 7) is 0.